The lowest BCUT2D eigenvalue weighted by atomic mass is 10.3. The number of carbonyl (C=O) groups is 1. The normalized spacial score (nSPS) is 12.4. The van der Waals surface area contributed by atoms with Crippen LogP contribution in [-0.2, 0) is 9.53 Å². The summed E-state index contributed by atoms with van der Waals surface area (Å²) in [6.07, 6.45) is 3.38. The highest BCUT2D eigenvalue weighted by Crippen LogP contribution is 2.13. The van der Waals surface area contributed by atoms with Crippen LogP contribution in [0.3, 0.4) is 0 Å². The van der Waals surface area contributed by atoms with Crippen molar-refractivity contribution in [3.63, 3.8) is 0 Å². The predicted molar refractivity (Wildman–Crippen MR) is 60.6 cm³/mol. The molecule has 0 aromatic carbocycles. The molecule has 2 aromatic heterocycles. The van der Waals surface area contributed by atoms with Crippen molar-refractivity contribution in [1.29, 1.82) is 0 Å². The van der Waals surface area contributed by atoms with E-state index >= 15 is 0 Å². The molecule has 0 fully saturated rings. The van der Waals surface area contributed by atoms with E-state index in [0.717, 1.165) is 5.82 Å². The summed E-state index contributed by atoms with van der Waals surface area (Å²) in [5.74, 6) is 0.909. The molecule has 7 nitrogen and oxygen atoms in total. The summed E-state index contributed by atoms with van der Waals surface area (Å²) in [7, 11) is 1.34. The Labute approximate surface area is 97.8 Å². The van der Waals surface area contributed by atoms with E-state index in [2.05, 4.69) is 25.2 Å². The van der Waals surface area contributed by atoms with Crippen molar-refractivity contribution in [3.05, 3.63) is 18.2 Å². The highest BCUT2D eigenvalue weighted by molar-refractivity contribution is 5.80. The molecule has 2 heterocycles. The van der Waals surface area contributed by atoms with Crippen molar-refractivity contribution in [1.82, 2.24) is 19.6 Å². The van der Waals surface area contributed by atoms with Gasteiger partial charge in [0.1, 0.15) is 11.9 Å². The SMILES string of the molecule is COC(=O)C(C)Nc1nccn2c(C)nnc12. The molecular weight excluding hydrogens is 222 g/mol. The van der Waals surface area contributed by atoms with Crippen LogP contribution < -0.4 is 5.32 Å². The fraction of sp³-hybridized carbons (Fsp3) is 0.400. The highest BCUT2D eigenvalue weighted by Gasteiger charge is 2.16. The minimum Gasteiger partial charge on any atom is -0.467 e. The number of rotatable bonds is 3. The molecule has 2 rings (SSSR count). The molecule has 7 heteroatoms. The fourth-order valence-electron chi connectivity index (χ4n) is 1.48. The second-order valence-corrected chi connectivity index (χ2v) is 3.61. The van der Waals surface area contributed by atoms with E-state index in [0.29, 0.717) is 11.5 Å². The summed E-state index contributed by atoms with van der Waals surface area (Å²) in [4.78, 5) is 15.4. The van der Waals surface area contributed by atoms with Crippen molar-refractivity contribution < 1.29 is 9.53 Å². The molecule has 1 atom stereocenters. The van der Waals surface area contributed by atoms with E-state index in [1.807, 2.05) is 6.92 Å². The Morgan fingerprint density at radius 2 is 2.29 bits per heavy atom. The van der Waals surface area contributed by atoms with Crippen molar-refractivity contribution in [2.24, 2.45) is 0 Å². The van der Waals surface area contributed by atoms with Crippen LogP contribution in [0.2, 0.25) is 0 Å². The highest BCUT2D eigenvalue weighted by atomic mass is 16.5. The third kappa shape index (κ3) is 2.03. The van der Waals surface area contributed by atoms with Gasteiger partial charge in [-0.1, -0.05) is 0 Å². The van der Waals surface area contributed by atoms with Crippen molar-refractivity contribution in [2.75, 3.05) is 12.4 Å². The average Bonchev–Trinajstić information content (AvgIpc) is 2.71. The van der Waals surface area contributed by atoms with Crippen LogP contribution in [0.25, 0.3) is 5.65 Å². The number of nitrogens with one attached hydrogen (secondary N) is 1. The van der Waals surface area contributed by atoms with E-state index in [-0.39, 0.29) is 5.97 Å². The van der Waals surface area contributed by atoms with Crippen LogP contribution in [0.4, 0.5) is 5.82 Å². The number of hydrogen-bond acceptors (Lipinski definition) is 6. The van der Waals surface area contributed by atoms with Gasteiger partial charge in [0, 0.05) is 12.4 Å². The Morgan fingerprint density at radius 1 is 1.53 bits per heavy atom. The van der Waals surface area contributed by atoms with E-state index in [1.165, 1.54) is 7.11 Å². The summed E-state index contributed by atoms with van der Waals surface area (Å²) < 4.78 is 6.42. The van der Waals surface area contributed by atoms with Crippen LogP contribution >= 0.6 is 0 Å². The summed E-state index contributed by atoms with van der Waals surface area (Å²) in [5.41, 5.74) is 0.584. The summed E-state index contributed by atoms with van der Waals surface area (Å²) in [6.45, 7) is 3.54. The average molecular weight is 235 g/mol. The number of fused-ring (bicyclic) bond motifs is 1. The number of methoxy groups -OCH3 is 1. The number of hydrogen-bond donors (Lipinski definition) is 1. The van der Waals surface area contributed by atoms with Gasteiger partial charge in [0.2, 0.25) is 5.65 Å². The zero-order chi connectivity index (χ0) is 12.4. The molecule has 90 valence electrons. The zero-order valence-corrected chi connectivity index (χ0v) is 9.84. The molecule has 1 unspecified atom stereocenters. The number of ether oxygens (including phenoxy) is 1. The quantitative estimate of drug-likeness (QED) is 0.776. The van der Waals surface area contributed by atoms with Gasteiger partial charge in [-0.25, -0.2) is 9.78 Å². The molecule has 0 saturated heterocycles. The minimum atomic E-state index is -0.490. The Bertz CT molecular complexity index is 551. The molecule has 0 bridgehead atoms. The van der Waals surface area contributed by atoms with Gasteiger partial charge in [-0.15, -0.1) is 10.2 Å². The topological polar surface area (TPSA) is 81.4 Å². The lowest BCUT2D eigenvalue weighted by molar-refractivity contribution is -0.141. The maximum atomic E-state index is 11.3. The van der Waals surface area contributed by atoms with Crippen LogP contribution in [0.1, 0.15) is 12.7 Å². The molecular formula is C10H13N5O2. The molecule has 1 N–H and O–H groups in total. The Kier molecular flexibility index (Phi) is 2.90. The third-order valence-electron chi connectivity index (χ3n) is 2.41. The van der Waals surface area contributed by atoms with Crippen LogP contribution in [0.15, 0.2) is 12.4 Å². The van der Waals surface area contributed by atoms with E-state index in [9.17, 15) is 4.79 Å². The van der Waals surface area contributed by atoms with Crippen LogP contribution in [0.5, 0.6) is 0 Å². The van der Waals surface area contributed by atoms with Gasteiger partial charge in [0.15, 0.2) is 5.82 Å². The van der Waals surface area contributed by atoms with Gasteiger partial charge in [-0.3, -0.25) is 4.40 Å². The molecule has 0 aliphatic heterocycles. The van der Waals surface area contributed by atoms with Crippen LogP contribution in [0, 0.1) is 6.92 Å². The molecule has 2 aromatic rings. The summed E-state index contributed by atoms with van der Waals surface area (Å²) in [6, 6.07) is -0.490. The Balaban J connectivity index is 2.33. The van der Waals surface area contributed by atoms with Gasteiger partial charge in [-0.05, 0) is 13.8 Å². The predicted octanol–water partition coefficient (Wildman–Crippen LogP) is 0.406. The zero-order valence-electron chi connectivity index (χ0n) is 9.84. The van der Waals surface area contributed by atoms with E-state index < -0.39 is 6.04 Å². The Hall–Kier alpha value is -2.18. The fourth-order valence-corrected chi connectivity index (χ4v) is 1.48. The van der Waals surface area contributed by atoms with E-state index in [1.54, 1.807) is 23.7 Å². The van der Waals surface area contributed by atoms with Gasteiger partial charge < -0.3 is 10.1 Å². The summed E-state index contributed by atoms with van der Waals surface area (Å²) in [5, 5.41) is 10.9. The second-order valence-electron chi connectivity index (χ2n) is 3.61. The smallest absolute Gasteiger partial charge is 0.328 e. The van der Waals surface area contributed by atoms with Gasteiger partial charge >= 0.3 is 5.97 Å². The van der Waals surface area contributed by atoms with E-state index in [4.69, 9.17) is 0 Å². The van der Waals surface area contributed by atoms with Crippen LogP contribution in [-0.4, -0.2) is 38.7 Å². The molecule has 0 saturated carbocycles. The molecule has 0 aliphatic carbocycles. The standard InChI is InChI=1S/C10H13N5O2/c1-6(10(16)17-3)12-8-9-14-13-7(2)15(9)5-4-11-8/h4-6H,1-3H3,(H,11,12). The monoisotopic (exact) mass is 235 g/mol. The molecule has 0 spiro atoms. The lowest BCUT2D eigenvalue weighted by Crippen LogP contribution is -2.27. The first kappa shape index (κ1) is 11.3. The van der Waals surface area contributed by atoms with Crippen molar-refractivity contribution in [3.8, 4) is 0 Å². The van der Waals surface area contributed by atoms with Crippen molar-refractivity contribution in [2.45, 2.75) is 19.9 Å². The van der Waals surface area contributed by atoms with Crippen molar-refractivity contribution >= 4 is 17.4 Å². The number of aryl methyl sites for hydroxylation is 1. The molecule has 0 radical (unpaired) electrons. The molecule has 17 heavy (non-hydrogen) atoms. The van der Waals surface area contributed by atoms with Gasteiger partial charge in [-0.2, -0.15) is 0 Å². The lowest BCUT2D eigenvalue weighted by Gasteiger charge is -2.12. The third-order valence-corrected chi connectivity index (χ3v) is 2.41. The van der Waals surface area contributed by atoms with Gasteiger partial charge in [0.25, 0.3) is 0 Å². The first-order valence-corrected chi connectivity index (χ1v) is 5.14. The number of esters is 1. The largest absolute Gasteiger partial charge is 0.467 e. The number of anilines is 1. The molecule has 0 amide bonds. The number of carbonyl (C=O) groups excluding carboxylic acids is 1. The number of aromatic nitrogens is 4. The summed E-state index contributed by atoms with van der Waals surface area (Å²) >= 11 is 0. The number of nitrogens with zero attached hydrogens (tertiary/aromatic N) is 4. The minimum absolute atomic E-state index is 0.356. The maximum absolute atomic E-state index is 11.3. The first-order chi connectivity index (χ1) is 8.13. The molecule has 0 aliphatic rings. The van der Waals surface area contributed by atoms with Gasteiger partial charge in [0.05, 0.1) is 7.11 Å². The first-order valence-electron chi connectivity index (χ1n) is 5.14. The maximum Gasteiger partial charge on any atom is 0.328 e. The Morgan fingerprint density at radius 3 is 3.00 bits per heavy atom. The second kappa shape index (κ2) is 4.36.